The number of rotatable bonds is 4. The van der Waals surface area contributed by atoms with Gasteiger partial charge < -0.3 is 14.8 Å². The minimum atomic E-state index is -0.925. The Kier molecular flexibility index (Phi) is 3.98. The largest absolute Gasteiger partial charge is 0.478 e. The summed E-state index contributed by atoms with van der Waals surface area (Å²) in [5, 5.41) is 13.5. The highest BCUT2D eigenvalue weighted by Gasteiger charge is 2.21. The van der Waals surface area contributed by atoms with E-state index in [1.165, 1.54) is 11.5 Å². The molecule has 1 aliphatic rings. The van der Waals surface area contributed by atoms with Crippen LogP contribution in [0.4, 0.5) is 0 Å². The standard InChI is InChI=1S/C15H17NO3S/c17-15(18)14-11-3-1-2-4-12(11)19-13(14)9-16-10-5-7-20-8-6-10/h1-4,10,16H,5-9H2,(H,17,18). The lowest BCUT2D eigenvalue weighted by Gasteiger charge is -2.22. The number of benzene rings is 1. The summed E-state index contributed by atoms with van der Waals surface area (Å²) in [4.78, 5) is 11.5. The fraction of sp³-hybridized carbons (Fsp3) is 0.400. The van der Waals surface area contributed by atoms with Crippen molar-refractivity contribution in [2.45, 2.75) is 25.4 Å². The highest BCUT2D eigenvalue weighted by atomic mass is 32.2. The molecule has 0 saturated carbocycles. The number of aromatic carboxylic acids is 1. The van der Waals surface area contributed by atoms with Crippen LogP contribution >= 0.6 is 11.8 Å². The SMILES string of the molecule is O=C(O)c1c(CNC2CCSCC2)oc2ccccc12. The van der Waals surface area contributed by atoms with E-state index in [9.17, 15) is 9.90 Å². The molecule has 0 spiro atoms. The van der Waals surface area contributed by atoms with Crippen molar-refractivity contribution in [1.29, 1.82) is 0 Å². The predicted octanol–water partition coefficient (Wildman–Crippen LogP) is 3.12. The molecule has 2 heterocycles. The van der Waals surface area contributed by atoms with E-state index in [0.29, 0.717) is 34.9 Å². The third-order valence-electron chi connectivity index (χ3n) is 3.65. The molecule has 1 aliphatic heterocycles. The summed E-state index contributed by atoms with van der Waals surface area (Å²) >= 11 is 1.97. The summed E-state index contributed by atoms with van der Waals surface area (Å²) in [6.45, 7) is 0.478. The lowest BCUT2D eigenvalue weighted by Crippen LogP contribution is -2.32. The molecule has 1 aromatic heterocycles. The molecule has 0 atom stereocenters. The van der Waals surface area contributed by atoms with Crippen LogP contribution < -0.4 is 5.32 Å². The highest BCUT2D eigenvalue weighted by Crippen LogP contribution is 2.26. The molecule has 106 valence electrons. The van der Waals surface area contributed by atoms with E-state index in [-0.39, 0.29) is 0 Å². The maximum atomic E-state index is 11.5. The van der Waals surface area contributed by atoms with Gasteiger partial charge in [-0.05, 0) is 30.4 Å². The summed E-state index contributed by atoms with van der Waals surface area (Å²) in [5.74, 6) is 1.94. The lowest BCUT2D eigenvalue weighted by molar-refractivity contribution is 0.0696. The molecule has 2 aromatic rings. The Hall–Kier alpha value is -1.46. The maximum absolute atomic E-state index is 11.5. The van der Waals surface area contributed by atoms with Gasteiger partial charge in [0.05, 0.1) is 6.54 Å². The molecular weight excluding hydrogens is 274 g/mol. The Morgan fingerprint density at radius 2 is 2.10 bits per heavy atom. The van der Waals surface area contributed by atoms with E-state index in [1.54, 1.807) is 6.07 Å². The Morgan fingerprint density at radius 3 is 2.85 bits per heavy atom. The topological polar surface area (TPSA) is 62.5 Å². The van der Waals surface area contributed by atoms with Gasteiger partial charge in [-0.3, -0.25) is 0 Å². The van der Waals surface area contributed by atoms with Gasteiger partial charge in [-0.25, -0.2) is 4.79 Å². The molecule has 0 amide bonds. The fourth-order valence-corrected chi connectivity index (χ4v) is 3.70. The summed E-state index contributed by atoms with van der Waals surface area (Å²) in [6.07, 6.45) is 2.26. The van der Waals surface area contributed by atoms with E-state index in [4.69, 9.17) is 4.42 Å². The Bertz CT molecular complexity index is 617. The number of fused-ring (bicyclic) bond motifs is 1. The van der Waals surface area contributed by atoms with Gasteiger partial charge in [-0.15, -0.1) is 0 Å². The number of nitrogens with one attached hydrogen (secondary N) is 1. The summed E-state index contributed by atoms with van der Waals surface area (Å²) in [6, 6.07) is 7.75. The van der Waals surface area contributed by atoms with Gasteiger partial charge >= 0.3 is 5.97 Å². The van der Waals surface area contributed by atoms with Crippen LogP contribution in [-0.2, 0) is 6.54 Å². The molecule has 20 heavy (non-hydrogen) atoms. The van der Waals surface area contributed by atoms with Gasteiger partial charge in [-0.1, -0.05) is 18.2 Å². The number of para-hydroxylation sites is 1. The van der Waals surface area contributed by atoms with Crippen LogP contribution in [0, 0.1) is 0 Å². The molecule has 5 heteroatoms. The van der Waals surface area contributed by atoms with E-state index < -0.39 is 5.97 Å². The molecule has 0 radical (unpaired) electrons. The van der Waals surface area contributed by atoms with Crippen LogP contribution in [0.25, 0.3) is 11.0 Å². The van der Waals surface area contributed by atoms with Crippen LogP contribution in [0.2, 0.25) is 0 Å². The molecule has 1 saturated heterocycles. The zero-order chi connectivity index (χ0) is 13.9. The molecule has 4 nitrogen and oxygen atoms in total. The second-order valence-electron chi connectivity index (χ2n) is 4.97. The number of carbonyl (C=O) groups is 1. The molecule has 2 N–H and O–H groups in total. The van der Waals surface area contributed by atoms with Gasteiger partial charge in [0.2, 0.25) is 0 Å². The zero-order valence-electron chi connectivity index (χ0n) is 11.1. The quantitative estimate of drug-likeness (QED) is 0.906. The predicted molar refractivity (Wildman–Crippen MR) is 80.4 cm³/mol. The van der Waals surface area contributed by atoms with Crippen molar-refractivity contribution in [3.63, 3.8) is 0 Å². The van der Waals surface area contributed by atoms with Crippen LogP contribution in [-0.4, -0.2) is 28.6 Å². The van der Waals surface area contributed by atoms with Gasteiger partial charge in [-0.2, -0.15) is 11.8 Å². The van der Waals surface area contributed by atoms with E-state index in [2.05, 4.69) is 5.32 Å². The van der Waals surface area contributed by atoms with Crippen molar-refractivity contribution in [3.05, 3.63) is 35.6 Å². The molecule has 0 bridgehead atoms. The van der Waals surface area contributed by atoms with Gasteiger partial charge in [0.15, 0.2) is 0 Å². The fourth-order valence-electron chi connectivity index (χ4n) is 2.59. The summed E-state index contributed by atoms with van der Waals surface area (Å²) in [5.41, 5.74) is 0.930. The van der Waals surface area contributed by atoms with Gasteiger partial charge in [0.25, 0.3) is 0 Å². The van der Waals surface area contributed by atoms with Gasteiger partial charge in [0.1, 0.15) is 16.9 Å². The monoisotopic (exact) mass is 291 g/mol. The Balaban J connectivity index is 1.82. The van der Waals surface area contributed by atoms with Crippen molar-refractivity contribution in [1.82, 2.24) is 5.32 Å². The van der Waals surface area contributed by atoms with E-state index in [1.807, 2.05) is 30.0 Å². The number of hydrogen-bond donors (Lipinski definition) is 2. The van der Waals surface area contributed by atoms with Crippen LogP contribution in [0.15, 0.2) is 28.7 Å². The number of furan rings is 1. The average Bonchev–Trinajstić information content (AvgIpc) is 2.84. The Morgan fingerprint density at radius 1 is 1.35 bits per heavy atom. The third kappa shape index (κ3) is 2.69. The highest BCUT2D eigenvalue weighted by molar-refractivity contribution is 7.99. The molecule has 1 aromatic carbocycles. The Labute approximate surface area is 121 Å². The second kappa shape index (κ2) is 5.89. The first-order valence-electron chi connectivity index (χ1n) is 6.80. The van der Waals surface area contributed by atoms with Crippen molar-refractivity contribution >= 4 is 28.7 Å². The smallest absolute Gasteiger partial charge is 0.339 e. The summed E-state index contributed by atoms with van der Waals surface area (Å²) in [7, 11) is 0. The normalized spacial score (nSPS) is 16.6. The molecular formula is C15H17NO3S. The minimum absolute atomic E-state index is 0.290. The van der Waals surface area contributed by atoms with Crippen molar-refractivity contribution in [3.8, 4) is 0 Å². The van der Waals surface area contributed by atoms with Crippen LogP contribution in [0.5, 0.6) is 0 Å². The summed E-state index contributed by atoms with van der Waals surface area (Å²) < 4.78 is 5.70. The third-order valence-corrected chi connectivity index (χ3v) is 4.70. The van der Waals surface area contributed by atoms with E-state index in [0.717, 1.165) is 12.8 Å². The second-order valence-corrected chi connectivity index (χ2v) is 6.19. The lowest BCUT2D eigenvalue weighted by atomic mass is 10.1. The average molecular weight is 291 g/mol. The van der Waals surface area contributed by atoms with Crippen molar-refractivity contribution in [2.75, 3.05) is 11.5 Å². The zero-order valence-corrected chi connectivity index (χ0v) is 11.9. The number of hydrogen-bond acceptors (Lipinski definition) is 4. The first-order valence-corrected chi connectivity index (χ1v) is 7.96. The molecule has 1 fully saturated rings. The molecule has 0 aliphatic carbocycles. The first-order chi connectivity index (χ1) is 9.75. The number of thioether (sulfide) groups is 1. The first kappa shape index (κ1) is 13.5. The number of carboxylic acids is 1. The minimum Gasteiger partial charge on any atom is -0.478 e. The van der Waals surface area contributed by atoms with Gasteiger partial charge in [0, 0.05) is 11.4 Å². The molecule has 0 unspecified atom stereocenters. The van der Waals surface area contributed by atoms with Crippen molar-refractivity contribution < 1.29 is 14.3 Å². The maximum Gasteiger partial charge on any atom is 0.339 e. The van der Waals surface area contributed by atoms with Crippen LogP contribution in [0.1, 0.15) is 29.0 Å². The number of carboxylic acid groups (broad SMARTS) is 1. The molecule has 3 rings (SSSR count). The van der Waals surface area contributed by atoms with E-state index >= 15 is 0 Å². The van der Waals surface area contributed by atoms with Crippen molar-refractivity contribution in [2.24, 2.45) is 0 Å². The van der Waals surface area contributed by atoms with Crippen LogP contribution in [0.3, 0.4) is 0 Å².